The summed E-state index contributed by atoms with van der Waals surface area (Å²) in [6.45, 7) is 0. The van der Waals surface area contributed by atoms with Crippen molar-refractivity contribution in [1.29, 1.82) is 0 Å². The molecule has 1 unspecified atom stereocenters. The Kier molecular flexibility index (Phi) is 2.68. The van der Waals surface area contributed by atoms with Crippen molar-refractivity contribution in [2.45, 2.75) is 24.9 Å². The van der Waals surface area contributed by atoms with Gasteiger partial charge in [0, 0.05) is 18.4 Å². The molecule has 0 bridgehead atoms. The molecule has 15 heavy (non-hydrogen) atoms. The molecule has 4 heteroatoms. The number of carboxylic acids is 1. The van der Waals surface area contributed by atoms with Crippen molar-refractivity contribution < 1.29 is 9.90 Å². The van der Waals surface area contributed by atoms with Gasteiger partial charge in [0.25, 0.3) is 0 Å². The van der Waals surface area contributed by atoms with E-state index in [9.17, 15) is 4.79 Å². The monoisotopic (exact) mass is 206 g/mol. The minimum Gasteiger partial charge on any atom is -0.480 e. The van der Waals surface area contributed by atoms with E-state index in [0.717, 1.165) is 12.0 Å². The molecule has 1 aliphatic heterocycles. The first-order chi connectivity index (χ1) is 7.20. The number of carboxylic acid groups (broad SMARTS) is 1. The highest BCUT2D eigenvalue weighted by atomic mass is 16.4. The molecule has 2 heterocycles. The Bertz CT molecular complexity index is 353. The van der Waals surface area contributed by atoms with E-state index in [1.165, 1.54) is 0 Å². The lowest BCUT2D eigenvalue weighted by Gasteiger charge is -2.23. The van der Waals surface area contributed by atoms with Gasteiger partial charge in [0.2, 0.25) is 0 Å². The lowest BCUT2D eigenvalue weighted by molar-refractivity contribution is -0.142. The molecular formula is C11H14N2O2. The van der Waals surface area contributed by atoms with Crippen LogP contribution in [0.5, 0.6) is 0 Å². The molecule has 0 amide bonds. The maximum atomic E-state index is 10.9. The molecule has 0 aromatic carbocycles. The van der Waals surface area contributed by atoms with E-state index in [4.69, 9.17) is 5.11 Å². The van der Waals surface area contributed by atoms with Crippen LogP contribution in [0.15, 0.2) is 24.5 Å². The zero-order chi connectivity index (χ0) is 10.8. The van der Waals surface area contributed by atoms with Gasteiger partial charge < -0.3 is 5.11 Å². The largest absolute Gasteiger partial charge is 0.480 e. The first-order valence-corrected chi connectivity index (χ1v) is 5.05. The number of hydrogen-bond donors (Lipinski definition) is 1. The fraction of sp³-hybridized carbons (Fsp3) is 0.455. The zero-order valence-corrected chi connectivity index (χ0v) is 8.63. The van der Waals surface area contributed by atoms with Crippen LogP contribution in [0.25, 0.3) is 0 Å². The molecule has 0 saturated carbocycles. The quantitative estimate of drug-likeness (QED) is 0.792. The lowest BCUT2D eigenvalue weighted by Crippen LogP contribution is -2.34. The molecule has 4 nitrogen and oxygen atoms in total. The van der Waals surface area contributed by atoms with Gasteiger partial charge >= 0.3 is 5.97 Å². The molecular weight excluding hydrogens is 192 g/mol. The van der Waals surface area contributed by atoms with Gasteiger partial charge in [0.1, 0.15) is 6.04 Å². The number of likely N-dealkylation sites (tertiary alicyclic amines) is 1. The lowest BCUT2D eigenvalue weighted by atomic mass is 10.1. The van der Waals surface area contributed by atoms with Crippen LogP contribution in [-0.4, -0.2) is 34.0 Å². The van der Waals surface area contributed by atoms with Crippen LogP contribution in [0.4, 0.5) is 0 Å². The number of hydrogen-bond acceptors (Lipinski definition) is 3. The van der Waals surface area contributed by atoms with E-state index in [1.54, 1.807) is 6.20 Å². The van der Waals surface area contributed by atoms with Crippen molar-refractivity contribution >= 4 is 5.97 Å². The van der Waals surface area contributed by atoms with E-state index in [1.807, 2.05) is 30.3 Å². The molecule has 0 spiro atoms. The summed E-state index contributed by atoms with van der Waals surface area (Å²) in [5, 5.41) is 8.99. The van der Waals surface area contributed by atoms with E-state index in [2.05, 4.69) is 4.98 Å². The minimum atomic E-state index is -0.733. The van der Waals surface area contributed by atoms with Crippen LogP contribution in [0.1, 0.15) is 24.4 Å². The summed E-state index contributed by atoms with van der Waals surface area (Å²) in [7, 11) is 1.86. The van der Waals surface area contributed by atoms with Crippen molar-refractivity contribution in [3.05, 3.63) is 30.1 Å². The Morgan fingerprint density at radius 3 is 2.93 bits per heavy atom. The fourth-order valence-corrected chi connectivity index (χ4v) is 2.21. The third-order valence-corrected chi connectivity index (χ3v) is 3.05. The minimum absolute atomic E-state index is 0.194. The van der Waals surface area contributed by atoms with E-state index in [0.29, 0.717) is 6.42 Å². The summed E-state index contributed by atoms with van der Waals surface area (Å²) in [5.74, 6) is -0.733. The van der Waals surface area contributed by atoms with Crippen molar-refractivity contribution in [3.63, 3.8) is 0 Å². The molecule has 0 aliphatic carbocycles. The standard InChI is InChI=1S/C11H14N2O2/c1-13-9(4-5-10(13)11(14)15)8-3-2-6-12-7-8/h2-3,6-7,9-10H,4-5H2,1H3,(H,14,15)/t9-,10?/m0/s1. The maximum Gasteiger partial charge on any atom is 0.320 e. The number of likely N-dealkylation sites (N-methyl/N-ethyl adjacent to an activating group) is 1. The van der Waals surface area contributed by atoms with Gasteiger partial charge in [-0.3, -0.25) is 14.7 Å². The van der Waals surface area contributed by atoms with Crippen LogP contribution in [0.2, 0.25) is 0 Å². The van der Waals surface area contributed by atoms with E-state index in [-0.39, 0.29) is 12.1 Å². The molecule has 1 aromatic heterocycles. The van der Waals surface area contributed by atoms with Crippen molar-refractivity contribution in [2.24, 2.45) is 0 Å². The Labute approximate surface area is 88.6 Å². The summed E-state index contributed by atoms with van der Waals surface area (Å²) in [4.78, 5) is 16.9. The molecule has 1 saturated heterocycles. The van der Waals surface area contributed by atoms with Crippen LogP contribution >= 0.6 is 0 Å². The van der Waals surface area contributed by atoms with Gasteiger partial charge in [-0.1, -0.05) is 6.07 Å². The van der Waals surface area contributed by atoms with Crippen LogP contribution < -0.4 is 0 Å². The third-order valence-electron chi connectivity index (χ3n) is 3.05. The fourth-order valence-electron chi connectivity index (χ4n) is 2.21. The second kappa shape index (κ2) is 3.98. The Balaban J connectivity index is 2.17. The first kappa shape index (κ1) is 10.1. The van der Waals surface area contributed by atoms with E-state index >= 15 is 0 Å². The highest BCUT2D eigenvalue weighted by Crippen LogP contribution is 2.34. The summed E-state index contributed by atoms with van der Waals surface area (Å²) in [6, 6.07) is 3.73. The van der Waals surface area contributed by atoms with Crippen molar-refractivity contribution in [1.82, 2.24) is 9.88 Å². The topological polar surface area (TPSA) is 53.4 Å². The average Bonchev–Trinajstić information content (AvgIpc) is 2.61. The predicted octanol–water partition coefficient (Wildman–Crippen LogP) is 1.30. The van der Waals surface area contributed by atoms with Gasteiger partial charge in [-0.05, 0) is 31.5 Å². The molecule has 2 atom stereocenters. The Hall–Kier alpha value is -1.42. The average molecular weight is 206 g/mol. The summed E-state index contributed by atoms with van der Waals surface area (Å²) < 4.78 is 0. The van der Waals surface area contributed by atoms with Gasteiger partial charge in [-0.2, -0.15) is 0 Å². The second-order valence-corrected chi connectivity index (χ2v) is 3.90. The molecule has 0 radical (unpaired) electrons. The van der Waals surface area contributed by atoms with E-state index < -0.39 is 5.97 Å². The highest BCUT2D eigenvalue weighted by Gasteiger charge is 2.35. The number of pyridine rings is 1. The first-order valence-electron chi connectivity index (χ1n) is 5.05. The Morgan fingerprint density at radius 1 is 1.60 bits per heavy atom. The van der Waals surface area contributed by atoms with Gasteiger partial charge in [-0.15, -0.1) is 0 Å². The van der Waals surface area contributed by atoms with Crippen molar-refractivity contribution in [2.75, 3.05) is 7.05 Å². The van der Waals surface area contributed by atoms with Gasteiger partial charge in [0.05, 0.1) is 0 Å². The molecule has 1 aliphatic rings. The summed E-state index contributed by atoms with van der Waals surface area (Å²) >= 11 is 0. The zero-order valence-electron chi connectivity index (χ0n) is 8.63. The predicted molar refractivity (Wildman–Crippen MR) is 55.4 cm³/mol. The summed E-state index contributed by atoms with van der Waals surface area (Å²) in [5.41, 5.74) is 1.10. The maximum absolute atomic E-state index is 10.9. The molecule has 2 rings (SSSR count). The SMILES string of the molecule is CN1C(C(=O)O)CC[C@H]1c1cccnc1. The normalized spacial score (nSPS) is 26.7. The molecule has 1 aromatic rings. The molecule has 1 fully saturated rings. The number of carbonyl (C=O) groups is 1. The van der Waals surface area contributed by atoms with Crippen LogP contribution in [0, 0.1) is 0 Å². The van der Waals surface area contributed by atoms with Gasteiger partial charge in [0.15, 0.2) is 0 Å². The number of aliphatic carboxylic acids is 1. The second-order valence-electron chi connectivity index (χ2n) is 3.90. The Morgan fingerprint density at radius 2 is 2.40 bits per heavy atom. The van der Waals surface area contributed by atoms with Crippen LogP contribution in [0.3, 0.4) is 0 Å². The smallest absolute Gasteiger partial charge is 0.320 e. The number of nitrogens with zero attached hydrogens (tertiary/aromatic N) is 2. The third kappa shape index (κ3) is 1.85. The molecule has 1 N–H and O–H groups in total. The summed E-state index contributed by atoms with van der Waals surface area (Å²) in [6.07, 6.45) is 5.14. The number of rotatable bonds is 2. The molecule has 80 valence electrons. The van der Waals surface area contributed by atoms with Crippen molar-refractivity contribution in [3.8, 4) is 0 Å². The highest BCUT2D eigenvalue weighted by molar-refractivity contribution is 5.73. The number of aromatic nitrogens is 1. The van der Waals surface area contributed by atoms with Gasteiger partial charge in [-0.25, -0.2) is 0 Å². The van der Waals surface area contributed by atoms with Crippen LogP contribution in [-0.2, 0) is 4.79 Å².